The average Bonchev–Trinajstić information content (AvgIpc) is 2.33. The van der Waals surface area contributed by atoms with Gasteiger partial charge in [0.05, 0.1) is 0 Å². The van der Waals surface area contributed by atoms with Crippen LogP contribution in [0.15, 0.2) is 42.5 Å². The molecule has 2 aromatic rings. The Morgan fingerprint density at radius 3 is 2.29 bits per heavy atom. The lowest BCUT2D eigenvalue weighted by Gasteiger charge is -2.11. The third-order valence-electron chi connectivity index (χ3n) is 3.04. The molecule has 0 bridgehead atoms. The monoisotopic (exact) mass is 225 g/mol. The molecule has 0 aromatic heterocycles. The Hall–Kier alpha value is -2.09. The number of carbonyl (C=O) groups excluding carboxylic acids is 1. The van der Waals surface area contributed by atoms with E-state index in [0.717, 1.165) is 16.7 Å². The van der Waals surface area contributed by atoms with Gasteiger partial charge in [-0.2, -0.15) is 0 Å². The van der Waals surface area contributed by atoms with Crippen molar-refractivity contribution < 1.29 is 4.79 Å². The molecule has 2 nitrogen and oxygen atoms in total. The summed E-state index contributed by atoms with van der Waals surface area (Å²) in [5, 5.41) is 0. The Morgan fingerprint density at radius 2 is 1.71 bits per heavy atom. The van der Waals surface area contributed by atoms with Crippen LogP contribution in [0.5, 0.6) is 0 Å². The highest BCUT2D eigenvalue weighted by Gasteiger charge is 2.09. The molecule has 0 heterocycles. The summed E-state index contributed by atoms with van der Waals surface area (Å²) in [7, 11) is 0. The highest BCUT2D eigenvalue weighted by molar-refractivity contribution is 5.94. The molecule has 0 saturated heterocycles. The van der Waals surface area contributed by atoms with Crippen LogP contribution >= 0.6 is 0 Å². The zero-order valence-electron chi connectivity index (χ0n) is 10.0. The predicted octanol–water partition coefficient (Wildman–Crippen LogP) is 3.07. The molecule has 17 heavy (non-hydrogen) atoms. The lowest BCUT2D eigenvalue weighted by Crippen LogP contribution is -2.11. The minimum Gasteiger partial charge on any atom is -0.366 e. The third-order valence-corrected chi connectivity index (χ3v) is 3.04. The number of amides is 1. The maximum Gasteiger partial charge on any atom is 0.248 e. The normalized spacial score (nSPS) is 10.2. The van der Waals surface area contributed by atoms with Gasteiger partial charge in [0, 0.05) is 5.56 Å². The van der Waals surface area contributed by atoms with Gasteiger partial charge in [0.2, 0.25) is 5.91 Å². The van der Waals surface area contributed by atoms with Crippen LogP contribution in [-0.2, 0) is 0 Å². The maximum absolute atomic E-state index is 11.3. The molecule has 0 fully saturated rings. The van der Waals surface area contributed by atoms with Crippen LogP contribution in [-0.4, -0.2) is 5.91 Å². The zero-order chi connectivity index (χ0) is 12.4. The topological polar surface area (TPSA) is 43.1 Å². The van der Waals surface area contributed by atoms with Gasteiger partial charge in [-0.15, -0.1) is 0 Å². The first-order chi connectivity index (χ1) is 8.09. The molecule has 86 valence electrons. The van der Waals surface area contributed by atoms with Crippen LogP contribution < -0.4 is 5.73 Å². The molecule has 0 aliphatic rings. The Morgan fingerprint density at radius 1 is 1.06 bits per heavy atom. The lowest BCUT2D eigenvalue weighted by molar-refractivity contribution is 0.100. The molecule has 0 unspecified atom stereocenters. The Kier molecular flexibility index (Phi) is 2.96. The van der Waals surface area contributed by atoms with Gasteiger partial charge in [-0.3, -0.25) is 4.79 Å². The molecule has 0 atom stereocenters. The van der Waals surface area contributed by atoms with E-state index >= 15 is 0 Å². The van der Waals surface area contributed by atoms with Crippen molar-refractivity contribution in [2.45, 2.75) is 13.8 Å². The summed E-state index contributed by atoms with van der Waals surface area (Å²) >= 11 is 0. The van der Waals surface area contributed by atoms with E-state index in [1.807, 2.05) is 49.4 Å². The summed E-state index contributed by atoms with van der Waals surface area (Å²) in [5.74, 6) is -0.384. The van der Waals surface area contributed by atoms with E-state index in [4.69, 9.17) is 5.73 Å². The van der Waals surface area contributed by atoms with E-state index in [9.17, 15) is 4.79 Å². The third kappa shape index (κ3) is 2.21. The van der Waals surface area contributed by atoms with Crippen molar-refractivity contribution in [3.05, 3.63) is 59.2 Å². The molecule has 2 aromatic carbocycles. The number of primary amides is 1. The predicted molar refractivity (Wildman–Crippen MR) is 69.9 cm³/mol. The molecular formula is C15H15NO. The fourth-order valence-corrected chi connectivity index (χ4v) is 1.92. The van der Waals surface area contributed by atoms with Crippen LogP contribution in [0.2, 0.25) is 0 Å². The molecule has 2 rings (SSSR count). The number of hydrogen-bond donors (Lipinski definition) is 1. The molecule has 0 aliphatic heterocycles. The number of rotatable bonds is 2. The molecule has 0 saturated carbocycles. The molecule has 0 spiro atoms. The van der Waals surface area contributed by atoms with Gasteiger partial charge in [0.15, 0.2) is 0 Å². The van der Waals surface area contributed by atoms with Crippen molar-refractivity contribution in [2.75, 3.05) is 0 Å². The van der Waals surface area contributed by atoms with Crippen LogP contribution in [0, 0.1) is 13.8 Å². The SMILES string of the molecule is Cc1cc(C(N)=O)cc(-c2ccccc2)c1C. The highest BCUT2D eigenvalue weighted by atomic mass is 16.1. The summed E-state index contributed by atoms with van der Waals surface area (Å²) < 4.78 is 0. The maximum atomic E-state index is 11.3. The second-order valence-corrected chi connectivity index (χ2v) is 4.20. The second-order valence-electron chi connectivity index (χ2n) is 4.20. The largest absolute Gasteiger partial charge is 0.366 e. The van der Waals surface area contributed by atoms with Crippen LogP contribution in [0.1, 0.15) is 21.5 Å². The molecule has 1 amide bonds. The zero-order valence-corrected chi connectivity index (χ0v) is 10.0. The summed E-state index contributed by atoms with van der Waals surface area (Å²) in [4.78, 5) is 11.3. The number of benzene rings is 2. The van der Waals surface area contributed by atoms with Crippen molar-refractivity contribution >= 4 is 5.91 Å². The van der Waals surface area contributed by atoms with Crippen molar-refractivity contribution in [1.82, 2.24) is 0 Å². The molecule has 2 heteroatoms. The summed E-state index contributed by atoms with van der Waals surface area (Å²) in [5.41, 5.74) is 10.3. The summed E-state index contributed by atoms with van der Waals surface area (Å²) in [6.07, 6.45) is 0. The van der Waals surface area contributed by atoms with Crippen molar-refractivity contribution in [1.29, 1.82) is 0 Å². The number of aryl methyl sites for hydroxylation is 1. The quantitative estimate of drug-likeness (QED) is 0.838. The molecule has 0 radical (unpaired) electrons. The van der Waals surface area contributed by atoms with E-state index in [1.54, 1.807) is 0 Å². The van der Waals surface area contributed by atoms with Gasteiger partial charge in [0.25, 0.3) is 0 Å². The van der Waals surface area contributed by atoms with Gasteiger partial charge < -0.3 is 5.73 Å². The Labute approximate surface area is 101 Å². The lowest BCUT2D eigenvalue weighted by atomic mass is 9.94. The van der Waals surface area contributed by atoms with E-state index in [1.165, 1.54) is 5.56 Å². The second kappa shape index (κ2) is 4.42. The molecular weight excluding hydrogens is 210 g/mol. The van der Waals surface area contributed by atoms with Crippen molar-refractivity contribution in [2.24, 2.45) is 5.73 Å². The first-order valence-corrected chi connectivity index (χ1v) is 5.56. The molecule has 0 aliphatic carbocycles. The van der Waals surface area contributed by atoms with Crippen LogP contribution in [0.3, 0.4) is 0 Å². The fraction of sp³-hybridized carbons (Fsp3) is 0.133. The Bertz CT molecular complexity index is 559. The fourth-order valence-electron chi connectivity index (χ4n) is 1.92. The van der Waals surface area contributed by atoms with Crippen LogP contribution in [0.25, 0.3) is 11.1 Å². The standard InChI is InChI=1S/C15H15NO/c1-10-8-13(15(16)17)9-14(11(10)2)12-6-4-3-5-7-12/h3-9H,1-2H3,(H2,16,17). The van der Waals surface area contributed by atoms with Gasteiger partial charge in [-0.05, 0) is 48.2 Å². The summed E-state index contributed by atoms with van der Waals surface area (Å²) in [6, 6.07) is 13.7. The molecule has 2 N–H and O–H groups in total. The van der Waals surface area contributed by atoms with Crippen molar-refractivity contribution in [3.8, 4) is 11.1 Å². The van der Waals surface area contributed by atoms with E-state index < -0.39 is 0 Å². The minimum absolute atomic E-state index is 0.384. The van der Waals surface area contributed by atoms with Gasteiger partial charge in [-0.1, -0.05) is 30.3 Å². The Balaban J connectivity index is 2.65. The van der Waals surface area contributed by atoms with E-state index in [0.29, 0.717) is 5.56 Å². The number of nitrogens with two attached hydrogens (primary N) is 1. The van der Waals surface area contributed by atoms with Gasteiger partial charge >= 0.3 is 0 Å². The first-order valence-electron chi connectivity index (χ1n) is 5.56. The van der Waals surface area contributed by atoms with Crippen LogP contribution in [0.4, 0.5) is 0 Å². The van der Waals surface area contributed by atoms with Gasteiger partial charge in [0.1, 0.15) is 0 Å². The summed E-state index contributed by atoms with van der Waals surface area (Å²) in [6.45, 7) is 4.05. The first kappa shape index (κ1) is 11.4. The number of hydrogen-bond acceptors (Lipinski definition) is 1. The van der Waals surface area contributed by atoms with E-state index in [2.05, 4.69) is 6.92 Å². The van der Waals surface area contributed by atoms with Gasteiger partial charge in [-0.25, -0.2) is 0 Å². The number of carbonyl (C=O) groups is 1. The smallest absolute Gasteiger partial charge is 0.248 e. The highest BCUT2D eigenvalue weighted by Crippen LogP contribution is 2.26. The van der Waals surface area contributed by atoms with Crippen molar-refractivity contribution in [3.63, 3.8) is 0 Å². The minimum atomic E-state index is -0.384. The van der Waals surface area contributed by atoms with E-state index in [-0.39, 0.29) is 5.91 Å². The average molecular weight is 225 g/mol.